The van der Waals surface area contributed by atoms with Crippen LogP contribution in [0.5, 0.6) is 5.75 Å². The average molecular weight is 487 g/mol. The minimum absolute atomic E-state index is 0.246. The molecule has 182 valence electrons. The summed E-state index contributed by atoms with van der Waals surface area (Å²) in [5, 5.41) is 12.1. The Hall–Kier alpha value is -4.73. The van der Waals surface area contributed by atoms with Crippen molar-refractivity contribution in [1.82, 2.24) is 29.4 Å². The van der Waals surface area contributed by atoms with Gasteiger partial charge >= 0.3 is 0 Å². The fraction of sp³-hybridized carbons (Fsp3) is 0.154. The number of fused-ring (bicyclic) bond motifs is 1. The summed E-state index contributed by atoms with van der Waals surface area (Å²) in [6.45, 7) is 1.71. The monoisotopic (exact) mass is 486 g/mol. The molecule has 5 aromatic rings. The van der Waals surface area contributed by atoms with Gasteiger partial charge in [-0.15, -0.1) is 0 Å². The summed E-state index contributed by atoms with van der Waals surface area (Å²) in [5.41, 5.74) is 1.82. The number of methoxy groups -OCH3 is 1. The first-order chi connectivity index (χ1) is 17.5. The Kier molecular flexibility index (Phi) is 6.07. The maximum absolute atomic E-state index is 13.6. The van der Waals surface area contributed by atoms with E-state index in [1.807, 2.05) is 36.4 Å². The van der Waals surface area contributed by atoms with Crippen LogP contribution >= 0.6 is 0 Å². The second-order valence-corrected chi connectivity index (χ2v) is 8.16. The predicted octanol–water partition coefficient (Wildman–Crippen LogP) is 3.15. The number of nitrogens with one attached hydrogen (secondary N) is 1. The number of nitrogens with zero attached hydrogens (tertiary/aromatic N) is 5. The van der Waals surface area contributed by atoms with Crippen LogP contribution in [-0.4, -0.2) is 37.1 Å². The SMILES string of the molecule is COc1ccccc1CNC(=O)Cn1nc(C)c2nn(-c3ccc(F)cc3)c(-n3cccc3)c2c1=O. The number of halogens is 1. The number of rotatable bonds is 7. The van der Waals surface area contributed by atoms with Gasteiger partial charge in [-0.1, -0.05) is 18.2 Å². The quantitative estimate of drug-likeness (QED) is 0.381. The Morgan fingerprint density at radius 3 is 2.47 bits per heavy atom. The van der Waals surface area contributed by atoms with Gasteiger partial charge in [0.15, 0.2) is 5.82 Å². The van der Waals surface area contributed by atoms with E-state index >= 15 is 0 Å². The second-order valence-electron chi connectivity index (χ2n) is 8.16. The number of carbonyl (C=O) groups excluding carboxylic acids is 1. The first-order valence-electron chi connectivity index (χ1n) is 11.2. The number of hydrogen-bond acceptors (Lipinski definition) is 5. The van der Waals surface area contributed by atoms with Crippen LogP contribution in [0.3, 0.4) is 0 Å². The van der Waals surface area contributed by atoms with Crippen LogP contribution < -0.4 is 15.6 Å². The average Bonchev–Trinajstić information content (AvgIpc) is 3.55. The van der Waals surface area contributed by atoms with E-state index in [2.05, 4.69) is 15.5 Å². The van der Waals surface area contributed by atoms with E-state index in [1.165, 1.54) is 12.1 Å². The van der Waals surface area contributed by atoms with Crippen LogP contribution in [-0.2, 0) is 17.9 Å². The van der Waals surface area contributed by atoms with Crippen molar-refractivity contribution in [3.8, 4) is 17.3 Å². The molecular weight excluding hydrogens is 463 g/mol. The fourth-order valence-corrected chi connectivity index (χ4v) is 4.08. The molecule has 1 amide bonds. The highest BCUT2D eigenvalue weighted by atomic mass is 19.1. The molecule has 0 unspecified atom stereocenters. The Morgan fingerprint density at radius 2 is 1.75 bits per heavy atom. The van der Waals surface area contributed by atoms with E-state index in [0.29, 0.717) is 33.9 Å². The predicted molar refractivity (Wildman–Crippen MR) is 132 cm³/mol. The number of benzene rings is 2. The third-order valence-electron chi connectivity index (χ3n) is 5.80. The van der Waals surface area contributed by atoms with Gasteiger partial charge in [-0.25, -0.2) is 13.8 Å². The van der Waals surface area contributed by atoms with Gasteiger partial charge in [0.1, 0.15) is 29.0 Å². The number of aryl methyl sites for hydroxylation is 1. The van der Waals surface area contributed by atoms with Gasteiger partial charge in [-0.2, -0.15) is 10.2 Å². The number of ether oxygens (including phenoxy) is 1. The summed E-state index contributed by atoms with van der Waals surface area (Å²) in [6, 6.07) is 16.8. The zero-order valence-corrected chi connectivity index (χ0v) is 19.7. The van der Waals surface area contributed by atoms with E-state index < -0.39 is 5.56 Å². The summed E-state index contributed by atoms with van der Waals surface area (Å²) >= 11 is 0. The van der Waals surface area contributed by atoms with Crippen molar-refractivity contribution in [3.05, 3.63) is 100 Å². The molecule has 3 aromatic heterocycles. The van der Waals surface area contributed by atoms with Gasteiger partial charge in [-0.05, 0) is 49.4 Å². The highest BCUT2D eigenvalue weighted by molar-refractivity contribution is 5.88. The zero-order valence-electron chi connectivity index (χ0n) is 19.7. The molecule has 0 fully saturated rings. The van der Waals surface area contributed by atoms with Crippen LogP contribution in [0.15, 0.2) is 77.9 Å². The second kappa shape index (κ2) is 9.49. The maximum atomic E-state index is 13.6. The third kappa shape index (κ3) is 4.24. The largest absolute Gasteiger partial charge is 0.496 e. The highest BCUT2D eigenvalue weighted by Gasteiger charge is 2.22. The van der Waals surface area contributed by atoms with Gasteiger partial charge < -0.3 is 14.6 Å². The van der Waals surface area contributed by atoms with E-state index in [0.717, 1.165) is 10.2 Å². The van der Waals surface area contributed by atoms with Crippen molar-refractivity contribution < 1.29 is 13.9 Å². The molecule has 9 nitrogen and oxygen atoms in total. The number of amides is 1. The topological polar surface area (TPSA) is 96.0 Å². The summed E-state index contributed by atoms with van der Waals surface area (Å²) in [6.07, 6.45) is 3.58. The molecule has 2 aromatic carbocycles. The van der Waals surface area contributed by atoms with Crippen molar-refractivity contribution >= 4 is 16.8 Å². The summed E-state index contributed by atoms with van der Waals surface area (Å²) in [5.74, 6) is 0.384. The summed E-state index contributed by atoms with van der Waals surface area (Å²) in [7, 11) is 1.57. The molecule has 36 heavy (non-hydrogen) atoms. The maximum Gasteiger partial charge on any atom is 0.280 e. The molecule has 0 aliphatic heterocycles. The van der Waals surface area contributed by atoms with E-state index in [9.17, 15) is 14.0 Å². The molecule has 10 heteroatoms. The van der Waals surface area contributed by atoms with E-state index in [4.69, 9.17) is 4.74 Å². The lowest BCUT2D eigenvalue weighted by atomic mass is 10.2. The van der Waals surface area contributed by atoms with Crippen molar-refractivity contribution in [3.63, 3.8) is 0 Å². The smallest absolute Gasteiger partial charge is 0.280 e. The van der Waals surface area contributed by atoms with Gasteiger partial charge in [-0.3, -0.25) is 9.59 Å². The first kappa shape index (κ1) is 23.0. The van der Waals surface area contributed by atoms with Crippen molar-refractivity contribution in [2.45, 2.75) is 20.0 Å². The molecule has 0 saturated heterocycles. The lowest BCUT2D eigenvalue weighted by molar-refractivity contribution is -0.122. The van der Waals surface area contributed by atoms with E-state index in [1.54, 1.807) is 47.8 Å². The molecule has 0 aliphatic rings. The Bertz CT molecular complexity index is 1600. The van der Waals surface area contributed by atoms with Crippen LogP contribution in [0.2, 0.25) is 0 Å². The molecule has 0 bridgehead atoms. The summed E-state index contributed by atoms with van der Waals surface area (Å²) < 4.78 is 23.3. The number of para-hydroxylation sites is 1. The minimum atomic E-state index is -0.458. The zero-order chi connectivity index (χ0) is 25.2. The van der Waals surface area contributed by atoms with Crippen LogP contribution in [0.4, 0.5) is 4.39 Å². The molecule has 0 radical (unpaired) electrons. The molecule has 5 rings (SSSR count). The molecule has 0 spiro atoms. The lowest BCUT2D eigenvalue weighted by Crippen LogP contribution is -2.34. The first-order valence-corrected chi connectivity index (χ1v) is 11.2. The normalized spacial score (nSPS) is 11.1. The van der Waals surface area contributed by atoms with Crippen molar-refractivity contribution in [2.24, 2.45) is 0 Å². The van der Waals surface area contributed by atoms with Crippen molar-refractivity contribution in [2.75, 3.05) is 7.11 Å². The molecule has 0 atom stereocenters. The Labute approximate surface area is 205 Å². The van der Waals surface area contributed by atoms with Gasteiger partial charge in [0.05, 0.1) is 18.5 Å². The Morgan fingerprint density at radius 1 is 1.03 bits per heavy atom. The van der Waals surface area contributed by atoms with Crippen LogP contribution in [0.25, 0.3) is 22.4 Å². The van der Waals surface area contributed by atoms with Gasteiger partial charge in [0.25, 0.3) is 5.56 Å². The number of hydrogen-bond donors (Lipinski definition) is 1. The molecular formula is C26H23FN6O3. The van der Waals surface area contributed by atoms with Crippen molar-refractivity contribution in [1.29, 1.82) is 0 Å². The third-order valence-corrected chi connectivity index (χ3v) is 5.80. The molecule has 1 N–H and O–H groups in total. The van der Waals surface area contributed by atoms with Crippen LogP contribution in [0.1, 0.15) is 11.3 Å². The fourth-order valence-electron chi connectivity index (χ4n) is 4.08. The lowest BCUT2D eigenvalue weighted by Gasteiger charge is -2.11. The molecule has 0 aliphatic carbocycles. The number of aromatic nitrogens is 5. The summed E-state index contributed by atoms with van der Waals surface area (Å²) in [4.78, 5) is 26.3. The molecule has 3 heterocycles. The Balaban J connectivity index is 1.54. The van der Waals surface area contributed by atoms with Gasteiger partial charge in [0, 0.05) is 24.5 Å². The minimum Gasteiger partial charge on any atom is -0.496 e. The molecule has 0 saturated carbocycles. The van der Waals surface area contributed by atoms with Gasteiger partial charge in [0.2, 0.25) is 5.91 Å². The highest BCUT2D eigenvalue weighted by Crippen LogP contribution is 2.24. The van der Waals surface area contributed by atoms with E-state index in [-0.39, 0.29) is 24.8 Å². The standard InChI is InChI=1S/C26H23FN6O3/c1-17-24-23(25(31-13-5-6-14-31)33(30-24)20-11-9-19(27)10-12-20)26(35)32(29-17)16-22(34)28-15-18-7-3-4-8-21(18)36-2/h3-14H,15-16H2,1-2H3,(H,28,34). The number of carbonyl (C=O) groups is 1. The van der Waals surface area contributed by atoms with Crippen LogP contribution in [0, 0.1) is 12.7 Å².